The summed E-state index contributed by atoms with van der Waals surface area (Å²) < 4.78 is 0.701. The number of azide groups is 1. The molecular weight excluding hydrogens is 170 g/mol. The van der Waals surface area contributed by atoms with Gasteiger partial charge in [0.1, 0.15) is 0 Å². The van der Waals surface area contributed by atoms with E-state index in [9.17, 15) is 0 Å². The molecule has 0 atom stereocenters. The van der Waals surface area contributed by atoms with E-state index >= 15 is 0 Å². The van der Waals surface area contributed by atoms with Crippen molar-refractivity contribution in [1.29, 1.82) is 0 Å². The maximum atomic E-state index is 7.97. The minimum atomic E-state index is 0.346. The van der Waals surface area contributed by atoms with Gasteiger partial charge in [0.05, 0.1) is 10.9 Å². The molecule has 0 spiro atoms. The second-order valence-electron chi connectivity index (χ2n) is 1.61. The lowest BCUT2D eigenvalue weighted by Gasteiger charge is -1.86. The first-order chi connectivity index (χ1) is 4.84. The van der Waals surface area contributed by atoms with Crippen LogP contribution in [0.5, 0.6) is 0 Å². The summed E-state index contributed by atoms with van der Waals surface area (Å²) in [5.41, 5.74) is 8.87. The number of hydrogen-bond donors (Lipinski definition) is 0. The van der Waals surface area contributed by atoms with Crippen LogP contribution in [0.15, 0.2) is 16.6 Å². The minimum absolute atomic E-state index is 0.346. The normalized spacial score (nSPS) is 8.90. The summed E-state index contributed by atoms with van der Waals surface area (Å²) in [6.07, 6.45) is 0. The highest BCUT2D eigenvalue weighted by atomic mass is 35.5. The number of halogens is 1. The summed E-state index contributed by atoms with van der Waals surface area (Å²) in [5.74, 6) is 0. The lowest BCUT2D eigenvalue weighted by atomic mass is 10.3. The van der Waals surface area contributed by atoms with Crippen LogP contribution in [0.3, 0.4) is 0 Å². The van der Waals surface area contributed by atoms with Crippen molar-refractivity contribution in [3.63, 3.8) is 0 Å². The number of thiophene rings is 1. The zero-order chi connectivity index (χ0) is 7.40. The molecule has 0 unspecified atom stereocenters. The zero-order valence-corrected chi connectivity index (χ0v) is 6.56. The summed E-state index contributed by atoms with van der Waals surface area (Å²) in [4.78, 5) is 2.62. The van der Waals surface area contributed by atoms with Crippen molar-refractivity contribution in [2.45, 2.75) is 6.54 Å². The third-order valence-corrected chi connectivity index (χ3v) is 2.25. The van der Waals surface area contributed by atoms with E-state index in [1.54, 1.807) is 0 Å². The first-order valence-corrected chi connectivity index (χ1v) is 3.83. The van der Waals surface area contributed by atoms with Gasteiger partial charge in [-0.3, -0.25) is 0 Å². The molecule has 10 heavy (non-hydrogen) atoms. The van der Waals surface area contributed by atoms with Gasteiger partial charge in [0.2, 0.25) is 0 Å². The van der Waals surface area contributed by atoms with Crippen LogP contribution in [0.2, 0.25) is 4.34 Å². The fourth-order valence-electron chi connectivity index (χ4n) is 0.540. The maximum absolute atomic E-state index is 7.97. The topological polar surface area (TPSA) is 48.8 Å². The summed E-state index contributed by atoms with van der Waals surface area (Å²) in [7, 11) is 0. The summed E-state index contributed by atoms with van der Waals surface area (Å²) >= 11 is 7.15. The molecule has 1 heterocycles. The number of hydrogen-bond acceptors (Lipinski definition) is 2. The van der Waals surface area contributed by atoms with Gasteiger partial charge >= 0.3 is 0 Å². The van der Waals surface area contributed by atoms with Crippen LogP contribution in [0.1, 0.15) is 5.56 Å². The Labute approximate surface area is 66.9 Å². The van der Waals surface area contributed by atoms with Crippen molar-refractivity contribution in [2.75, 3.05) is 0 Å². The molecular formula is C5H4ClN3S. The average Bonchev–Trinajstić information content (AvgIpc) is 2.31. The van der Waals surface area contributed by atoms with E-state index in [1.165, 1.54) is 11.3 Å². The highest BCUT2D eigenvalue weighted by Gasteiger charge is 1.97. The monoisotopic (exact) mass is 173 g/mol. The molecule has 0 aliphatic heterocycles. The van der Waals surface area contributed by atoms with E-state index in [2.05, 4.69) is 10.0 Å². The van der Waals surface area contributed by atoms with Crippen LogP contribution in [0.4, 0.5) is 0 Å². The lowest BCUT2D eigenvalue weighted by Crippen LogP contribution is -1.72. The van der Waals surface area contributed by atoms with Crippen molar-refractivity contribution in [2.24, 2.45) is 5.11 Å². The van der Waals surface area contributed by atoms with E-state index in [0.717, 1.165) is 5.56 Å². The first-order valence-electron chi connectivity index (χ1n) is 2.57. The van der Waals surface area contributed by atoms with E-state index in [4.69, 9.17) is 17.1 Å². The van der Waals surface area contributed by atoms with Crippen molar-refractivity contribution < 1.29 is 0 Å². The Morgan fingerprint density at radius 2 is 2.60 bits per heavy atom. The van der Waals surface area contributed by atoms with Crippen LogP contribution < -0.4 is 0 Å². The van der Waals surface area contributed by atoms with Crippen molar-refractivity contribution in [3.05, 3.63) is 31.8 Å². The largest absolute Gasteiger partial charge is 0.132 e. The summed E-state index contributed by atoms with van der Waals surface area (Å²) in [6, 6.07) is 1.85. The molecule has 0 radical (unpaired) electrons. The standard InChI is InChI=1S/C5H4ClN3S/c6-5-4(1-2-10-5)3-8-9-7/h1-2H,3H2. The van der Waals surface area contributed by atoms with Gasteiger partial charge in [-0.15, -0.1) is 11.3 Å². The SMILES string of the molecule is [N-]=[N+]=NCc1ccsc1Cl. The Hall–Kier alpha value is -0.700. The van der Waals surface area contributed by atoms with Crippen molar-refractivity contribution in [1.82, 2.24) is 0 Å². The smallest absolute Gasteiger partial charge is 0.0961 e. The molecule has 3 nitrogen and oxygen atoms in total. The van der Waals surface area contributed by atoms with Gasteiger partial charge in [0, 0.05) is 4.91 Å². The quantitative estimate of drug-likeness (QED) is 0.375. The van der Waals surface area contributed by atoms with Crippen LogP contribution in [0, 0.1) is 0 Å². The second-order valence-corrected chi connectivity index (χ2v) is 3.13. The molecule has 1 rings (SSSR count). The van der Waals surface area contributed by atoms with Crippen molar-refractivity contribution >= 4 is 22.9 Å². The second kappa shape index (κ2) is 3.46. The predicted octanol–water partition coefficient (Wildman–Crippen LogP) is 3.21. The molecule has 5 heteroatoms. The maximum Gasteiger partial charge on any atom is 0.0961 e. The molecule has 52 valence electrons. The predicted molar refractivity (Wildman–Crippen MR) is 42.2 cm³/mol. The molecule has 0 N–H and O–H groups in total. The van der Waals surface area contributed by atoms with Gasteiger partial charge in [0.25, 0.3) is 0 Å². The summed E-state index contributed by atoms with van der Waals surface area (Å²) in [6.45, 7) is 0.346. The lowest BCUT2D eigenvalue weighted by molar-refractivity contribution is 1.06. The molecule has 0 amide bonds. The van der Waals surface area contributed by atoms with E-state index in [0.29, 0.717) is 10.9 Å². The fraction of sp³-hybridized carbons (Fsp3) is 0.200. The van der Waals surface area contributed by atoms with E-state index in [-0.39, 0.29) is 0 Å². The van der Waals surface area contributed by atoms with Gasteiger partial charge in [0.15, 0.2) is 0 Å². The zero-order valence-electron chi connectivity index (χ0n) is 4.99. The van der Waals surface area contributed by atoms with Gasteiger partial charge in [-0.25, -0.2) is 0 Å². The Morgan fingerprint density at radius 3 is 3.10 bits per heavy atom. The Kier molecular flexibility index (Phi) is 2.57. The van der Waals surface area contributed by atoms with Crippen molar-refractivity contribution in [3.8, 4) is 0 Å². The molecule has 0 aliphatic rings. The van der Waals surface area contributed by atoms with Gasteiger partial charge in [-0.1, -0.05) is 16.7 Å². The highest BCUT2D eigenvalue weighted by molar-refractivity contribution is 7.14. The number of rotatable bonds is 2. The molecule has 0 saturated carbocycles. The molecule has 0 aliphatic carbocycles. The Balaban J connectivity index is 2.74. The van der Waals surface area contributed by atoms with E-state index in [1.807, 2.05) is 11.4 Å². The van der Waals surface area contributed by atoms with E-state index < -0.39 is 0 Å². The number of nitrogens with zero attached hydrogens (tertiary/aromatic N) is 3. The van der Waals surface area contributed by atoms with Crippen LogP contribution >= 0.6 is 22.9 Å². The Bertz CT molecular complexity index is 264. The van der Waals surface area contributed by atoms with Crippen LogP contribution in [0.25, 0.3) is 10.4 Å². The minimum Gasteiger partial charge on any atom is -0.132 e. The van der Waals surface area contributed by atoms with Gasteiger partial charge < -0.3 is 0 Å². The van der Waals surface area contributed by atoms with Crippen LogP contribution in [-0.2, 0) is 6.54 Å². The van der Waals surface area contributed by atoms with Crippen LogP contribution in [-0.4, -0.2) is 0 Å². The molecule has 0 fully saturated rings. The third kappa shape index (κ3) is 1.64. The van der Waals surface area contributed by atoms with Gasteiger partial charge in [-0.05, 0) is 22.5 Å². The highest BCUT2D eigenvalue weighted by Crippen LogP contribution is 2.22. The Morgan fingerprint density at radius 1 is 1.80 bits per heavy atom. The molecule has 1 aromatic heterocycles. The fourth-order valence-corrected chi connectivity index (χ4v) is 1.45. The average molecular weight is 174 g/mol. The summed E-state index contributed by atoms with van der Waals surface area (Å²) in [5, 5.41) is 5.24. The molecule has 0 bridgehead atoms. The molecule has 1 aromatic rings. The first kappa shape index (κ1) is 7.41. The third-order valence-electron chi connectivity index (χ3n) is 0.998. The molecule has 0 aromatic carbocycles. The van der Waals surface area contributed by atoms with Gasteiger partial charge in [-0.2, -0.15) is 0 Å². The molecule has 0 saturated heterocycles.